The van der Waals surface area contributed by atoms with Crippen molar-refractivity contribution in [3.63, 3.8) is 0 Å². The Morgan fingerprint density at radius 2 is 1.90 bits per heavy atom. The summed E-state index contributed by atoms with van der Waals surface area (Å²) >= 11 is 0. The van der Waals surface area contributed by atoms with Crippen molar-refractivity contribution in [3.05, 3.63) is 42.1 Å². The highest BCUT2D eigenvalue weighted by molar-refractivity contribution is 7.92. The van der Waals surface area contributed by atoms with Crippen LogP contribution in [0.5, 0.6) is 0 Å². The maximum Gasteiger partial charge on any atom is 0.278 e. The molecule has 0 aliphatic rings. The predicted octanol–water partition coefficient (Wildman–Crippen LogP) is 1.45. The maximum absolute atomic E-state index is 12.0. The number of hydrogen-bond donors (Lipinski definition) is 3. The second kappa shape index (κ2) is 5.26. The van der Waals surface area contributed by atoms with Crippen LogP contribution < -0.4 is 10.5 Å². The fourth-order valence-electron chi connectivity index (χ4n) is 1.71. The fourth-order valence-corrected chi connectivity index (χ4v) is 2.68. The monoisotopic (exact) mass is 294 g/mol. The average molecular weight is 294 g/mol. The Hall–Kier alpha value is -1.86. The van der Waals surface area contributed by atoms with E-state index in [2.05, 4.69) is 14.9 Å². The van der Waals surface area contributed by atoms with Crippen LogP contribution in [0.15, 0.2) is 41.6 Å². The summed E-state index contributed by atoms with van der Waals surface area (Å²) in [6.45, 7) is 4.60. The van der Waals surface area contributed by atoms with E-state index < -0.39 is 10.0 Å². The Balaban J connectivity index is 2.20. The summed E-state index contributed by atoms with van der Waals surface area (Å²) in [7, 11) is -3.62. The van der Waals surface area contributed by atoms with Crippen LogP contribution in [0.25, 0.3) is 0 Å². The minimum absolute atomic E-state index is 0.0314. The molecule has 0 saturated carbocycles. The Morgan fingerprint density at radius 3 is 2.40 bits per heavy atom. The predicted molar refractivity (Wildman–Crippen MR) is 77.9 cm³/mol. The number of nitrogens with one attached hydrogen (secondary N) is 2. The topological polar surface area (TPSA) is 101 Å². The first kappa shape index (κ1) is 14.5. The highest BCUT2D eigenvalue weighted by Gasteiger charge is 2.19. The number of nitrogens with zero attached hydrogens (tertiary/aromatic N) is 1. The molecule has 1 aromatic carbocycles. The van der Waals surface area contributed by atoms with Gasteiger partial charge in [-0.1, -0.05) is 26.0 Å². The third-order valence-corrected chi connectivity index (χ3v) is 4.50. The lowest BCUT2D eigenvalue weighted by Crippen LogP contribution is -2.28. The summed E-state index contributed by atoms with van der Waals surface area (Å²) in [4.78, 5) is 0. The number of nitrogens with two attached hydrogens (primary N) is 1. The number of aromatic amines is 1. The van der Waals surface area contributed by atoms with Gasteiger partial charge in [0, 0.05) is 17.6 Å². The number of aromatic nitrogens is 2. The molecule has 7 heteroatoms. The van der Waals surface area contributed by atoms with E-state index >= 15 is 0 Å². The number of hydrogen-bond acceptors (Lipinski definition) is 4. The molecule has 4 N–H and O–H groups in total. The van der Waals surface area contributed by atoms with Crippen molar-refractivity contribution in [2.45, 2.75) is 24.3 Å². The zero-order valence-corrected chi connectivity index (χ0v) is 12.2. The highest BCUT2D eigenvalue weighted by atomic mass is 32.2. The van der Waals surface area contributed by atoms with Crippen molar-refractivity contribution < 1.29 is 8.42 Å². The second-order valence-electron chi connectivity index (χ2n) is 5.19. The normalized spacial score (nSPS) is 12.3. The maximum atomic E-state index is 12.0. The van der Waals surface area contributed by atoms with E-state index in [-0.39, 0.29) is 10.4 Å². The lowest BCUT2D eigenvalue weighted by atomic mass is 9.85. The van der Waals surface area contributed by atoms with Crippen LogP contribution in [0, 0.1) is 0 Å². The molecule has 0 aliphatic carbocycles. The molecular weight excluding hydrogens is 276 g/mol. The van der Waals surface area contributed by atoms with E-state index in [0.29, 0.717) is 12.2 Å². The van der Waals surface area contributed by atoms with Crippen molar-refractivity contribution in [3.8, 4) is 0 Å². The summed E-state index contributed by atoms with van der Waals surface area (Å²) in [5, 5.41) is 6.09. The second-order valence-corrected chi connectivity index (χ2v) is 6.84. The molecule has 2 aromatic rings. The van der Waals surface area contributed by atoms with Crippen LogP contribution >= 0.6 is 0 Å². The van der Waals surface area contributed by atoms with E-state index in [1.807, 2.05) is 26.0 Å². The van der Waals surface area contributed by atoms with Crippen molar-refractivity contribution >= 4 is 15.7 Å². The third kappa shape index (κ3) is 3.00. The molecule has 0 bridgehead atoms. The first-order valence-corrected chi connectivity index (χ1v) is 7.66. The Labute approximate surface area is 118 Å². The number of H-pyrrole nitrogens is 1. The molecule has 0 aliphatic heterocycles. The van der Waals surface area contributed by atoms with Gasteiger partial charge in [-0.15, -0.1) is 0 Å². The van der Waals surface area contributed by atoms with Crippen molar-refractivity contribution in [2.24, 2.45) is 5.73 Å². The standard InChI is InChI=1S/C13H18N4O2S/c1-13(2,9-14)10-3-5-11(6-4-10)17-20(18,19)12-7-8-15-16-12/h3-8,17H,9,14H2,1-2H3,(H,15,16). The van der Waals surface area contributed by atoms with Crippen LogP contribution in [0.4, 0.5) is 5.69 Å². The average Bonchev–Trinajstić information content (AvgIpc) is 2.93. The van der Waals surface area contributed by atoms with E-state index in [1.165, 1.54) is 12.3 Å². The van der Waals surface area contributed by atoms with E-state index in [1.54, 1.807) is 12.1 Å². The largest absolute Gasteiger partial charge is 0.330 e. The molecule has 0 fully saturated rings. The molecule has 0 unspecified atom stereocenters. The minimum atomic E-state index is -3.62. The molecular formula is C13H18N4O2S. The van der Waals surface area contributed by atoms with Gasteiger partial charge in [-0.05, 0) is 23.8 Å². The minimum Gasteiger partial charge on any atom is -0.330 e. The Bertz CT molecular complexity index is 661. The van der Waals surface area contributed by atoms with Gasteiger partial charge in [0.25, 0.3) is 10.0 Å². The molecule has 6 nitrogen and oxygen atoms in total. The van der Waals surface area contributed by atoms with Crippen LogP contribution in [-0.4, -0.2) is 25.2 Å². The van der Waals surface area contributed by atoms with E-state index in [9.17, 15) is 8.42 Å². The van der Waals surface area contributed by atoms with Crippen molar-refractivity contribution in [2.75, 3.05) is 11.3 Å². The van der Waals surface area contributed by atoms with Gasteiger partial charge in [0.2, 0.25) is 0 Å². The Morgan fingerprint density at radius 1 is 1.25 bits per heavy atom. The summed E-state index contributed by atoms with van der Waals surface area (Å²) in [6, 6.07) is 8.59. The number of benzene rings is 1. The number of anilines is 1. The van der Waals surface area contributed by atoms with Crippen LogP contribution in [0.1, 0.15) is 19.4 Å². The van der Waals surface area contributed by atoms with Crippen LogP contribution in [0.3, 0.4) is 0 Å². The van der Waals surface area contributed by atoms with Crippen molar-refractivity contribution in [1.82, 2.24) is 10.2 Å². The van der Waals surface area contributed by atoms with Gasteiger partial charge in [0.1, 0.15) is 0 Å². The molecule has 108 valence electrons. The highest BCUT2D eigenvalue weighted by Crippen LogP contribution is 2.24. The zero-order valence-electron chi connectivity index (χ0n) is 11.4. The van der Waals surface area contributed by atoms with E-state index in [4.69, 9.17) is 5.73 Å². The SMILES string of the molecule is CC(C)(CN)c1ccc(NS(=O)(=O)c2ccn[nH]2)cc1. The summed E-state index contributed by atoms with van der Waals surface area (Å²) in [6.07, 6.45) is 1.39. The molecule has 0 atom stereocenters. The number of sulfonamides is 1. The van der Waals surface area contributed by atoms with Crippen LogP contribution in [0.2, 0.25) is 0 Å². The molecule has 2 rings (SSSR count). The fraction of sp³-hybridized carbons (Fsp3) is 0.308. The molecule has 0 spiro atoms. The van der Waals surface area contributed by atoms with Gasteiger partial charge in [0.05, 0.1) is 6.20 Å². The van der Waals surface area contributed by atoms with Gasteiger partial charge in [-0.25, -0.2) is 0 Å². The summed E-state index contributed by atoms with van der Waals surface area (Å²) in [5.41, 5.74) is 7.14. The van der Waals surface area contributed by atoms with Gasteiger partial charge in [-0.2, -0.15) is 13.5 Å². The number of rotatable bonds is 5. The third-order valence-electron chi connectivity index (χ3n) is 3.19. The van der Waals surface area contributed by atoms with Gasteiger partial charge in [-0.3, -0.25) is 9.82 Å². The smallest absolute Gasteiger partial charge is 0.278 e. The van der Waals surface area contributed by atoms with Crippen molar-refractivity contribution in [1.29, 1.82) is 0 Å². The quantitative estimate of drug-likeness (QED) is 0.776. The van der Waals surface area contributed by atoms with Gasteiger partial charge < -0.3 is 5.73 Å². The molecule has 20 heavy (non-hydrogen) atoms. The lowest BCUT2D eigenvalue weighted by Gasteiger charge is -2.23. The van der Waals surface area contributed by atoms with E-state index in [0.717, 1.165) is 5.56 Å². The summed E-state index contributed by atoms with van der Waals surface area (Å²) in [5.74, 6) is 0. The lowest BCUT2D eigenvalue weighted by molar-refractivity contribution is 0.539. The zero-order chi connectivity index (χ0) is 14.8. The Kier molecular flexibility index (Phi) is 3.82. The summed E-state index contributed by atoms with van der Waals surface area (Å²) < 4.78 is 26.5. The molecule has 0 amide bonds. The molecule has 1 heterocycles. The first-order chi connectivity index (χ1) is 9.35. The first-order valence-electron chi connectivity index (χ1n) is 6.18. The molecule has 1 aromatic heterocycles. The van der Waals surface area contributed by atoms with Gasteiger partial charge in [0.15, 0.2) is 5.03 Å². The molecule has 0 radical (unpaired) electrons. The van der Waals surface area contributed by atoms with Crippen LogP contribution in [-0.2, 0) is 15.4 Å². The molecule has 0 saturated heterocycles. The van der Waals surface area contributed by atoms with Gasteiger partial charge >= 0.3 is 0 Å².